The van der Waals surface area contributed by atoms with Crippen molar-refractivity contribution in [2.45, 2.75) is 6.04 Å². The van der Waals surface area contributed by atoms with Crippen LogP contribution in [0.4, 0.5) is 15.8 Å². The smallest absolute Gasteiger partial charge is 0.295 e. The Morgan fingerprint density at radius 3 is 2.90 bits per heavy atom. The largest absolute Gasteiger partial charge is 0.378 e. The molecule has 0 radical (unpaired) electrons. The SMILES string of the molecule is CN1CCN(C)C(CNc2ccc(F)cc2[N+](=O)[O-])C1. The summed E-state index contributed by atoms with van der Waals surface area (Å²) < 4.78 is 13.1. The van der Waals surface area contributed by atoms with E-state index in [1.165, 1.54) is 12.1 Å². The molecule has 0 aromatic heterocycles. The second-order valence-corrected chi connectivity index (χ2v) is 5.20. The number of nitrogens with zero attached hydrogens (tertiary/aromatic N) is 3. The fourth-order valence-electron chi connectivity index (χ4n) is 2.35. The first-order valence-electron chi connectivity index (χ1n) is 6.54. The normalized spacial score (nSPS) is 20.9. The van der Waals surface area contributed by atoms with E-state index in [9.17, 15) is 14.5 Å². The monoisotopic (exact) mass is 282 g/mol. The molecule has 0 bridgehead atoms. The molecule has 0 saturated carbocycles. The summed E-state index contributed by atoms with van der Waals surface area (Å²) in [5.41, 5.74) is 0.134. The van der Waals surface area contributed by atoms with E-state index in [-0.39, 0.29) is 11.7 Å². The first-order valence-corrected chi connectivity index (χ1v) is 6.54. The molecule has 1 aliphatic rings. The van der Waals surface area contributed by atoms with E-state index in [1.807, 2.05) is 7.05 Å². The van der Waals surface area contributed by atoms with Gasteiger partial charge in [0.25, 0.3) is 5.69 Å². The summed E-state index contributed by atoms with van der Waals surface area (Å²) in [5.74, 6) is -0.600. The fourth-order valence-corrected chi connectivity index (χ4v) is 2.35. The maximum Gasteiger partial charge on any atom is 0.295 e. The van der Waals surface area contributed by atoms with Gasteiger partial charge in [0.2, 0.25) is 0 Å². The van der Waals surface area contributed by atoms with Crippen molar-refractivity contribution in [1.29, 1.82) is 0 Å². The quantitative estimate of drug-likeness (QED) is 0.668. The van der Waals surface area contributed by atoms with Gasteiger partial charge >= 0.3 is 0 Å². The Labute approximate surface area is 117 Å². The zero-order valence-corrected chi connectivity index (χ0v) is 11.7. The summed E-state index contributed by atoms with van der Waals surface area (Å²) in [6.45, 7) is 3.48. The van der Waals surface area contributed by atoms with E-state index < -0.39 is 10.7 Å². The number of nitro groups is 1. The lowest BCUT2D eigenvalue weighted by atomic mass is 10.1. The third-order valence-corrected chi connectivity index (χ3v) is 3.66. The summed E-state index contributed by atoms with van der Waals surface area (Å²) in [5, 5.41) is 14.0. The number of hydrogen-bond acceptors (Lipinski definition) is 5. The topological polar surface area (TPSA) is 61.6 Å². The van der Waals surface area contributed by atoms with Gasteiger partial charge in [-0.2, -0.15) is 0 Å². The summed E-state index contributed by atoms with van der Waals surface area (Å²) in [4.78, 5) is 14.8. The summed E-state index contributed by atoms with van der Waals surface area (Å²) >= 11 is 0. The van der Waals surface area contributed by atoms with Crippen molar-refractivity contribution >= 4 is 11.4 Å². The number of benzene rings is 1. The first-order chi connectivity index (χ1) is 9.47. The Morgan fingerprint density at radius 1 is 1.45 bits per heavy atom. The maximum absolute atomic E-state index is 13.1. The Bertz CT molecular complexity index is 497. The van der Waals surface area contributed by atoms with Crippen LogP contribution in [0.2, 0.25) is 0 Å². The molecule has 1 unspecified atom stereocenters. The molecule has 1 N–H and O–H groups in total. The molecule has 2 rings (SSSR count). The number of halogens is 1. The molecule has 6 nitrogen and oxygen atoms in total. The summed E-state index contributed by atoms with van der Waals surface area (Å²) in [6.07, 6.45) is 0. The van der Waals surface area contributed by atoms with E-state index in [4.69, 9.17) is 0 Å². The van der Waals surface area contributed by atoms with Gasteiger partial charge in [-0.25, -0.2) is 4.39 Å². The van der Waals surface area contributed by atoms with Crippen LogP contribution in [0.3, 0.4) is 0 Å². The van der Waals surface area contributed by atoms with Gasteiger partial charge < -0.3 is 10.2 Å². The molecule has 1 fully saturated rings. The number of piperazine rings is 1. The number of anilines is 1. The first kappa shape index (κ1) is 14.7. The van der Waals surface area contributed by atoms with Gasteiger partial charge in [-0.15, -0.1) is 0 Å². The zero-order chi connectivity index (χ0) is 14.7. The number of nitro benzene ring substituents is 1. The zero-order valence-electron chi connectivity index (χ0n) is 11.7. The molecule has 1 saturated heterocycles. The molecule has 0 spiro atoms. The van der Waals surface area contributed by atoms with Crippen molar-refractivity contribution in [3.63, 3.8) is 0 Å². The van der Waals surface area contributed by atoms with Gasteiger partial charge in [0.05, 0.1) is 11.0 Å². The molecule has 1 aromatic rings. The molecule has 110 valence electrons. The third-order valence-electron chi connectivity index (χ3n) is 3.66. The number of hydrogen-bond donors (Lipinski definition) is 1. The minimum atomic E-state index is -0.600. The highest BCUT2D eigenvalue weighted by molar-refractivity contribution is 5.61. The van der Waals surface area contributed by atoms with Crippen LogP contribution in [0, 0.1) is 15.9 Å². The maximum atomic E-state index is 13.1. The molecule has 1 heterocycles. The standard InChI is InChI=1S/C13H19FN4O2/c1-16-5-6-17(2)11(9-16)8-15-12-4-3-10(14)7-13(12)18(19)20/h3-4,7,11,15H,5-6,8-9H2,1-2H3. The lowest BCUT2D eigenvalue weighted by molar-refractivity contribution is -0.384. The van der Waals surface area contributed by atoms with Gasteiger partial charge in [-0.05, 0) is 26.2 Å². The highest BCUT2D eigenvalue weighted by Gasteiger charge is 2.23. The molecule has 1 aliphatic heterocycles. The van der Waals surface area contributed by atoms with Gasteiger partial charge in [0.15, 0.2) is 0 Å². The van der Waals surface area contributed by atoms with E-state index in [2.05, 4.69) is 22.2 Å². The Balaban J connectivity index is 2.05. The van der Waals surface area contributed by atoms with Crippen molar-refractivity contribution in [2.75, 3.05) is 45.6 Å². The van der Waals surface area contributed by atoms with E-state index in [1.54, 1.807) is 0 Å². The second kappa shape index (κ2) is 6.15. The minimum absolute atomic E-state index is 0.225. The minimum Gasteiger partial charge on any atom is -0.378 e. The number of nitrogens with one attached hydrogen (secondary N) is 1. The van der Waals surface area contributed by atoms with Crippen molar-refractivity contribution in [3.8, 4) is 0 Å². The van der Waals surface area contributed by atoms with Crippen LogP contribution in [-0.4, -0.2) is 61.0 Å². The van der Waals surface area contributed by atoms with Gasteiger partial charge in [-0.1, -0.05) is 0 Å². The highest BCUT2D eigenvalue weighted by atomic mass is 19.1. The van der Waals surface area contributed by atoms with Crippen LogP contribution in [0.1, 0.15) is 0 Å². The molecular formula is C13H19FN4O2. The molecule has 0 aliphatic carbocycles. The predicted octanol–water partition coefficient (Wildman–Crippen LogP) is 1.39. The second-order valence-electron chi connectivity index (χ2n) is 5.20. The average molecular weight is 282 g/mol. The van der Waals surface area contributed by atoms with Crippen molar-refractivity contribution < 1.29 is 9.31 Å². The Hall–Kier alpha value is -1.73. The van der Waals surface area contributed by atoms with E-state index >= 15 is 0 Å². The fraction of sp³-hybridized carbons (Fsp3) is 0.538. The Morgan fingerprint density at radius 2 is 2.20 bits per heavy atom. The number of rotatable bonds is 4. The lowest BCUT2D eigenvalue weighted by Gasteiger charge is -2.37. The van der Waals surface area contributed by atoms with Crippen LogP contribution in [0.5, 0.6) is 0 Å². The third kappa shape index (κ3) is 3.43. The molecule has 0 amide bonds. The van der Waals surface area contributed by atoms with Crippen LogP contribution < -0.4 is 5.32 Å². The van der Waals surface area contributed by atoms with Gasteiger partial charge in [0.1, 0.15) is 11.5 Å². The van der Waals surface area contributed by atoms with Gasteiger partial charge in [0, 0.05) is 32.2 Å². The van der Waals surface area contributed by atoms with Crippen LogP contribution in [0.25, 0.3) is 0 Å². The summed E-state index contributed by atoms with van der Waals surface area (Å²) in [6, 6.07) is 3.86. The average Bonchev–Trinajstić information content (AvgIpc) is 2.40. The molecular weight excluding hydrogens is 263 g/mol. The summed E-state index contributed by atoms with van der Waals surface area (Å²) in [7, 11) is 4.10. The number of likely N-dealkylation sites (N-methyl/N-ethyl adjacent to an activating group) is 2. The molecule has 1 atom stereocenters. The molecule has 1 aromatic carbocycles. The highest BCUT2D eigenvalue weighted by Crippen LogP contribution is 2.25. The van der Waals surface area contributed by atoms with Crippen molar-refractivity contribution in [3.05, 3.63) is 34.1 Å². The van der Waals surface area contributed by atoms with Crippen molar-refractivity contribution in [1.82, 2.24) is 9.80 Å². The van der Waals surface area contributed by atoms with Gasteiger partial charge in [-0.3, -0.25) is 15.0 Å². The van der Waals surface area contributed by atoms with E-state index in [0.29, 0.717) is 12.2 Å². The van der Waals surface area contributed by atoms with Crippen LogP contribution in [0.15, 0.2) is 18.2 Å². The molecule has 7 heteroatoms. The van der Waals surface area contributed by atoms with Crippen molar-refractivity contribution in [2.24, 2.45) is 0 Å². The lowest BCUT2D eigenvalue weighted by Crippen LogP contribution is -2.52. The van der Waals surface area contributed by atoms with Crippen LogP contribution in [-0.2, 0) is 0 Å². The van der Waals surface area contributed by atoms with Crippen LogP contribution >= 0.6 is 0 Å². The Kier molecular flexibility index (Phi) is 4.51. The van der Waals surface area contributed by atoms with E-state index in [0.717, 1.165) is 25.7 Å². The predicted molar refractivity (Wildman–Crippen MR) is 75.5 cm³/mol. The molecule has 20 heavy (non-hydrogen) atoms.